The maximum Gasteiger partial charge on any atom is 0.267 e. The van der Waals surface area contributed by atoms with Gasteiger partial charge >= 0.3 is 0 Å². The van der Waals surface area contributed by atoms with Gasteiger partial charge in [0.05, 0.1) is 19.2 Å². The van der Waals surface area contributed by atoms with Crippen molar-refractivity contribution in [1.82, 2.24) is 14.5 Å². The quantitative estimate of drug-likeness (QED) is 0.320. The van der Waals surface area contributed by atoms with Gasteiger partial charge in [0.15, 0.2) is 0 Å². The van der Waals surface area contributed by atoms with Gasteiger partial charge in [-0.1, -0.05) is 72.8 Å². The fraction of sp³-hybridized carbons (Fsp3) is 0.179. The third kappa shape index (κ3) is 4.58. The van der Waals surface area contributed by atoms with Crippen LogP contribution in [-0.2, 0) is 20.1 Å². The van der Waals surface area contributed by atoms with Gasteiger partial charge in [0, 0.05) is 19.3 Å². The lowest BCUT2D eigenvalue weighted by Crippen LogP contribution is -2.58. The first-order chi connectivity index (χ1) is 17.5. The number of aliphatic hydroxyl groups excluding tert-OH is 1. The molecule has 1 aliphatic rings. The third-order valence-electron chi connectivity index (χ3n) is 6.29. The van der Waals surface area contributed by atoms with Gasteiger partial charge in [-0.2, -0.15) is 0 Å². The van der Waals surface area contributed by atoms with E-state index in [0.29, 0.717) is 24.5 Å². The maximum atomic E-state index is 13.4. The summed E-state index contributed by atoms with van der Waals surface area (Å²) >= 11 is 0. The number of rotatable bonds is 7. The van der Waals surface area contributed by atoms with E-state index in [0.717, 1.165) is 22.4 Å². The van der Waals surface area contributed by atoms with Crippen LogP contribution in [-0.4, -0.2) is 26.9 Å². The Labute approximate surface area is 208 Å². The van der Waals surface area contributed by atoms with Crippen LogP contribution in [0.15, 0.2) is 94.7 Å². The van der Waals surface area contributed by atoms with Crippen molar-refractivity contribution < 1.29 is 5.11 Å². The molecular weight excluding hydrogens is 452 g/mol. The second-order valence-electron chi connectivity index (χ2n) is 8.75. The van der Waals surface area contributed by atoms with Crippen molar-refractivity contribution in [3.8, 4) is 11.1 Å². The Hall–Kier alpha value is -4.43. The van der Waals surface area contributed by atoms with Crippen molar-refractivity contribution in [3.05, 3.63) is 117 Å². The summed E-state index contributed by atoms with van der Waals surface area (Å²) in [4.78, 5) is 17.8. The van der Waals surface area contributed by atoms with E-state index in [1.165, 1.54) is 4.57 Å². The van der Waals surface area contributed by atoms with Gasteiger partial charge in [-0.05, 0) is 28.8 Å². The van der Waals surface area contributed by atoms with Gasteiger partial charge in [0.25, 0.3) is 5.56 Å². The summed E-state index contributed by atoms with van der Waals surface area (Å²) in [5.41, 5.74) is 4.23. The average Bonchev–Trinajstić information content (AvgIpc) is 3.37. The second-order valence-corrected chi connectivity index (χ2v) is 8.75. The second kappa shape index (κ2) is 10.1. The predicted molar refractivity (Wildman–Crippen MR) is 139 cm³/mol. The lowest BCUT2D eigenvalue weighted by molar-refractivity contribution is 0.261. The Balaban J connectivity index is 1.54. The van der Waals surface area contributed by atoms with Crippen molar-refractivity contribution in [2.45, 2.75) is 19.1 Å². The minimum absolute atomic E-state index is 0.0538. The topological polar surface area (TPSA) is 107 Å². The highest BCUT2D eigenvalue weighted by Crippen LogP contribution is 2.19. The van der Waals surface area contributed by atoms with E-state index in [9.17, 15) is 9.90 Å². The molecule has 4 N–H and O–H groups in total. The zero-order valence-electron chi connectivity index (χ0n) is 20.0. The summed E-state index contributed by atoms with van der Waals surface area (Å²) in [7, 11) is 1.64. The summed E-state index contributed by atoms with van der Waals surface area (Å²) in [6.45, 7) is 0.671. The molecule has 0 amide bonds. The van der Waals surface area contributed by atoms with Crippen molar-refractivity contribution in [3.63, 3.8) is 0 Å². The van der Waals surface area contributed by atoms with Crippen molar-refractivity contribution >= 4 is 11.5 Å². The van der Waals surface area contributed by atoms with Gasteiger partial charge in [-0.25, -0.2) is 4.99 Å². The lowest BCUT2D eigenvalue weighted by atomic mass is 10.0. The van der Waals surface area contributed by atoms with Crippen LogP contribution in [0.2, 0.25) is 0 Å². The summed E-state index contributed by atoms with van der Waals surface area (Å²) in [5, 5.41) is 25.3. The van der Waals surface area contributed by atoms with E-state index in [-0.39, 0.29) is 28.9 Å². The molecule has 2 heterocycles. The highest BCUT2D eigenvalue weighted by Gasteiger charge is 2.20. The molecular formula is C28H28N6O2. The normalized spacial score (nSPS) is 15.1. The molecule has 36 heavy (non-hydrogen) atoms. The Kier molecular flexibility index (Phi) is 6.51. The van der Waals surface area contributed by atoms with Crippen LogP contribution in [0.4, 0.5) is 5.69 Å². The van der Waals surface area contributed by atoms with Crippen LogP contribution in [0.3, 0.4) is 0 Å². The van der Waals surface area contributed by atoms with Crippen LogP contribution in [0.1, 0.15) is 5.56 Å². The van der Waals surface area contributed by atoms with Crippen molar-refractivity contribution in [2.75, 3.05) is 11.9 Å². The predicted octanol–water partition coefficient (Wildman–Crippen LogP) is 1.29. The van der Waals surface area contributed by atoms with Crippen LogP contribution in [0, 0.1) is 5.41 Å². The Bertz CT molecular complexity index is 1610. The molecule has 0 fully saturated rings. The van der Waals surface area contributed by atoms with Crippen molar-refractivity contribution in [2.24, 2.45) is 12.0 Å². The molecule has 0 unspecified atom stereocenters. The fourth-order valence-corrected chi connectivity index (χ4v) is 4.34. The number of hydrogen-bond acceptors (Lipinski definition) is 6. The van der Waals surface area contributed by atoms with Gasteiger partial charge in [0.2, 0.25) is 5.62 Å². The first kappa shape index (κ1) is 23.3. The number of fused-ring (bicyclic) bond motifs is 1. The highest BCUT2D eigenvalue weighted by molar-refractivity contribution is 5.64. The smallest absolute Gasteiger partial charge is 0.267 e. The molecule has 0 saturated heterocycles. The molecule has 1 aromatic heterocycles. The monoisotopic (exact) mass is 480 g/mol. The number of nitrogens with zero attached hydrogens (tertiary/aromatic N) is 3. The number of nitrogens with one attached hydrogen (secondary N) is 3. The molecule has 1 atom stereocenters. The zero-order valence-corrected chi connectivity index (χ0v) is 20.0. The Morgan fingerprint density at radius 2 is 1.64 bits per heavy atom. The summed E-state index contributed by atoms with van der Waals surface area (Å²) < 4.78 is 3.10. The number of para-hydroxylation sites is 1. The van der Waals surface area contributed by atoms with Crippen LogP contribution < -0.4 is 32.5 Å². The minimum Gasteiger partial charge on any atom is -0.394 e. The molecule has 0 aliphatic carbocycles. The SMILES string of the molecule is Cn1c(=O)/c(=C(/NCc2ccc(-c3ccccc3)cc2)Nc2ccccc2)c(=N)n2c1=N[C@H](CO)C2. The molecule has 8 heteroatoms. The molecule has 3 aromatic carbocycles. The summed E-state index contributed by atoms with van der Waals surface area (Å²) in [6, 6.07) is 27.6. The number of aliphatic hydroxyl groups is 1. The van der Waals surface area contributed by atoms with Crippen LogP contribution in [0.5, 0.6) is 0 Å². The largest absolute Gasteiger partial charge is 0.394 e. The van der Waals surface area contributed by atoms with Crippen LogP contribution in [0.25, 0.3) is 16.9 Å². The average molecular weight is 481 g/mol. The number of benzene rings is 3. The molecule has 0 spiro atoms. The van der Waals surface area contributed by atoms with E-state index in [1.54, 1.807) is 11.6 Å². The summed E-state index contributed by atoms with van der Waals surface area (Å²) in [5.74, 6) is 0.446. The molecule has 0 radical (unpaired) electrons. The molecule has 4 aromatic rings. The van der Waals surface area contributed by atoms with Gasteiger partial charge in [-0.15, -0.1) is 0 Å². The van der Waals surface area contributed by atoms with E-state index >= 15 is 0 Å². The number of hydrogen-bond donors (Lipinski definition) is 4. The van der Waals surface area contributed by atoms with Gasteiger partial charge < -0.3 is 15.7 Å². The van der Waals surface area contributed by atoms with E-state index in [1.807, 2.05) is 48.5 Å². The molecule has 1 aliphatic heterocycles. The van der Waals surface area contributed by atoms with E-state index < -0.39 is 0 Å². The lowest BCUT2D eigenvalue weighted by Gasteiger charge is -2.15. The first-order valence-electron chi connectivity index (χ1n) is 11.8. The number of anilines is 1. The van der Waals surface area contributed by atoms with E-state index in [4.69, 9.17) is 5.41 Å². The van der Waals surface area contributed by atoms with Gasteiger partial charge in [0.1, 0.15) is 16.5 Å². The summed E-state index contributed by atoms with van der Waals surface area (Å²) in [6.07, 6.45) is 0. The first-order valence-corrected chi connectivity index (χ1v) is 11.8. The maximum absolute atomic E-state index is 13.4. The molecule has 8 nitrogen and oxygen atoms in total. The zero-order chi connectivity index (χ0) is 25.1. The molecule has 182 valence electrons. The standard InChI is InChI=1S/C28H28N6O2/c1-33-27(36)24(25(29)34-17-23(18-35)32-28(33)34)26(31-22-10-6-3-7-11-22)30-16-19-12-14-21(15-13-19)20-8-4-2-5-9-20/h2-15,23,29-31,35H,16-18H2,1H3/b26-24-,29-25?/t23-/m0/s1. The fourth-order valence-electron chi connectivity index (χ4n) is 4.34. The van der Waals surface area contributed by atoms with Crippen molar-refractivity contribution in [1.29, 1.82) is 5.41 Å². The Morgan fingerprint density at radius 1 is 1.00 bits per heavy atom. The van der Waals surface area contributed by atoms with Gasteiger partial charge in [-0.3, -0.25) is 19.3 Å². The molecule has 0 saturated carbocycles. The number of aromatic nitrogens is 2. The molecule has 5 rings (SSSR count). The Morgan fingerprint density at radius 3 is 2.31 bits per heavy atom. The van der Waals surface area contributed by atoms with E-state index in [2.05, 4.69) is 52.0 Å². The molecule has 0 bridgehead atoms. The highest BCUT2D eigenvalue weighted by atomic mass is 16.3. The minimum atomic E-state index is -0.364. The third-order valence-corrected chi connectivity index (χ3v) is 6.29. The van der Waals surface area contributed by atoms with Crippen LogP contribution >= 0.6 is 0 Å².